The lowest BCUT2D eigenvalue weighted by Crippen LogP contribution is -2.31. The Hall–Kier alpha value is -1.81. The van der Waals surface area contributed by atoms with Gasteiger partial charge in [-0.15, -0.1) is 0 Å². The Kier molecular flexibility index (Phi) is 3.41. The van der Waals surface area contributed by atoms with Gasteiger partial charge in [0.2, 0.25) is 0 Å². The van der Waals surface area contributed by atoms with Crippen molar-refractivity contribution in [2.75, 3.05) is 0 Å². The Balaban J connectivity index is 1.46. The molecule has 4 rings (SSSR count). The van der Waals surface area contributed by atoms with Gasteiger partial charge >= 0.3 is 0 Å². The molecule has 22 heavy (non-hydrogen) atoms. The highest BCUT2D eigenvalue weighted by atomic mass is 16.5. The fourth-order valence-corrected chi connectivity index (χ4v) is 3.73. The van der Waals surface area contributed by atoms with E-state index < -0.39 is 0 Å². The number of hydrogen-bond donors (Lipinski definition) is 2. The average Bonchev–Trinajstić information content (AvgIpc) is 3.27. The number of hydrogen-bond acceptors (Lipinski definition) is 3. The third-order valence-corrected chi connectivity index (χ3v) is 5.18. The molecule has 0 amide bonds. The van der Waals surface area contributed by atoms with Crippen LogP contribution in [0.2, 0.25) is 0 Å². The van der Waals surface area contributed by atoms with Crippen molar-refractivity contribution in [3.63, 3.8) is 0 Å². The Morgan fingerprint density at radius 2 is 1.95 bits per heavy atom. The number of aromatic nitrogens is 1. The van der Waals surface area contributed by atoms with Gasteiger partial charge in [-0.2, -0.15) is 0 Å². The van der Waals surface area contributed by atoms with Crippen LogP contribution in [-0.2, 0) is 0 Å². The van der Waals surface area contributed by atoms with Crippen molar-refractivity contribution >= 4 is 10.8 Å². The highest BCUT2D eigenvalue weighted by molar-refractivity contribution is 5.82. The molecule has 1 heterocycles. The predicted octanol–water partition coefficient (Wildman–Crippen LogP) is 2.81. The molecule has 4 nitrogen and oxygen atoms in total. The van der Waals surface area contributed by atoms with Gasteiger partial charge in [0.25, 0.3) is 5.56 Å². The number of nitrogens with one attached hydrogen (secondary N) is 1. The zero-order chi connectivity index (χ0) is 15.1. The van der Waals surface area contributed by atoms with E-state index in [4.69, 9.17) is 10.5 Å². The summed E-state index contributed by atoms with van der Waals surface area (Å²) in [5.74, 6) is 2.22. The molecule has 4 heteroatoms. The van der Waals surface area contributed by atoms with Gasteiger partial charge in [0.05, 0.1) is 6.10 Å². The first-order chi connectivity index (χ1) is 10.7. The van der Waals surface area contributed by atoms with Crippen molar-refractivity contribution in [2.45, 2.75) is 44.2 Å². The lowest BCUT2D eigenvalue weighted by atomic mass is 9.95. The lowest BCUT2D eigenvalue weighted by Gasteiger charge is -2.19. The van der Waals surface area contributed by atoms with Crippen molar-refractivity contribution in [1.29, 1.82) is 0 Å². The molecule has 0 aliphatic heterocycles. The summed E-state index contributed by atoms with van der Waals surface area (Å²) < 4.78 is 6.14. The fraction of sp³-hybridized carbons (Fsp3) is 0.500. The van der Waals surface area contributed by atoms with Crippen LogP contribution >= 0.6 is 0 Å². The highest BCUT2D eigenvalue weighted by Gasteiger charge is 2.38. The summed E-state index contributed by atoms with van der Waals surface area (Å²) in [7, 11) is 0. The van der Waals surface area contributed by atoms with E-state index in [1.165, 1.54) is 19.3 Å². The third-order valence-electron chi connectivity index (χ3n) is 5.18. The Morgan fingerprint density at radius 3 is 2.77 bits per heavy atom. The quantitative estimate of drug-likeness (QED) is 0.912. The number of aromatic amines is 1. The standard InChI is InChI=1S/C18H22N2O2/c19-17(11-1-2-11)13-3-4-14(10-13)22-15-5-6-16-12(9-15)7-8-20-18(16)21/h5-9,11,13-14,17H,1-4,10,19H2,(H,20,21). The van der Waals surface area contributed by atoms with E-state index in [9.17, 15) is 4.79 Å². The molecule has 0 spiro atoms. The van der Waals surface area contributed by atoms with E-state index in [2.05, 4.69) is 4.98 Å². The molecule has 116 valence electrons. The first kappa shape index (κ1) is 13.8. The number of rotatable bonds is 4. The molecular formula is C18H22N2O2. The minimum Gasteiger partial charge on any atom is -0.490 e. The minimum atomic E-state index is -0.0552. The summed E-state index contributed by atoms with van der Waals surface area (Å²) in [6, 6.07) is 7.96. The SMILES string of the molecule is NC(C1CC1)C1CCC(Oc2ccc3c(=O)[nH]ccc3c2)C1. The molecule has 0 saturated heterocycles. The van der Waals surface area contributed by atoms with Crippen LogP contribution in [0.4, 0.5) is 0 Å². The Labute approximate surface area is 129 Å². The summed E-state index contributed by atoms with van der Waals surface area (Å²) in [4.78, 5) is 14.4. The largest absolute Gasteiger partial charge is 0.490 e. The zero-order valence-corrected chi connectivity index (χ0v) is 12.6. The van der Waals surface area contributed by atoms with Crippen LogP contribution < -0.4 is 16.0 Å². The number of benzene rings is 1. The van der Waals surface area contributed by atoms with Crippen molar-refractivity contribution in [3.8, 4) is 5.75 Å². The normalized spacial score (nSPS) is 26.2. The maximum atomic E-state index is 11.7. The summed E-state index contributed by atoms with van der Waals surface area (Å²) in [6.07, 6.45) is 7.87. The van der Waals surface area contributed by atoms with E-state index in [1.807, 2.05) is 24.3 Å². The monoisotopic (exact) mass is 298 g/mol. The molecule has 3 atom stereocenters. The van der Waals surface area contributed by atoms with Crippen LogP contribution in [0.15, 0.2) is 35.3 Å². The maximum Gasteiger partial charge on any atom is 0.255 e. The Bertz CT molecular complexity index is 735. The van der Waals surface area contributed by atoms with E-state index in [0.717, 1.165) is 29.9 Å². The second-order valence-electron chi connectivity index (χ2n) is 6.78. The summed E-state index contributed by atoms with van der Waals surface area (Å²) in [5.41, 5.74) is 6.28. The molecule has 1 aromatic heterocycles. The molecule has 2 fully saturated rings. The van der Waals surface area contributed by atoms with Crippen LogP contribution in [0.1, 0.15) is 32.1 Å². The molecule has 3 N–H and O–H groups in total. The summed E-state index contributed by atoms with van der Waals surface area (Å²) >= 11 is 0. The minimum absolute atomic E-state index is 0.0552. The first-order valence-corrected chi connectivity index (χ1v) is 8.24. The van der Waals surface area contributed by atoms with Crippen molar-refractivity contribution in [3.05, 3.63) is 40.8 Å². The fourth-order valence-electron chi connectivity index (χ4n) is 3.73. The first-order valence-electron chi connectivity index (χ1n) is 8.24. The van der Waals surface area contributed by atoms with Gasteiger partial charge in [0.1, 0.15) is 5.75 Å². The van der Waals surface area contributed by atoms with Gasteiger partial charge in [0, 0.05) is 17.6 Å². The number of nitrogens with two attached hydrogens (primary N) is 1. The molecule has 0 radical (unpaired) electrons. The van der Waals surface area contributed by atoms with Gasteiger partial charge in [-0.3, -0.25) is 4.79 Å². The molecule has 2 aliphatic rings. The maximum absolute atomic E-state index is 11.7. The van der Waals surface area contributed by atoms with Crippen molar-refractivity contribution in [2.24, 2.45) is 17.6 Å². The van der Waals surface area contributed by atoms with E-state index >= 15 is 0 Å². The molecule has 2 aliphatic carbocycles. The molecule has 3 unspecified atom stereocenters. The number of pyridine rings is 1. The van der Waals surface area contributed by atoms with E-state index in [-0.39, 0.29) is 11.7 Å². The van der Waals surface area contributed by atoms with Crippen LogP contribution in [0.5, 0.6) is 5.75 Å². The van der Waals surface area contributed by atoms with E-state index in [1.54, 1.807) is 6.20 Å². The van der Waals surface area contributed by atoms with Gasteiger partial charge < -0.3 is 15.5 Å². The predicted molar refractivity (Wildman–Crippen MR) is 87.0 cm³/mol. The summed E-state index contributed by atoms with van der Waals surface area (Å²) in [6.45, 7) is 0. The van der Waals surface area contributed by atoms with Gasteiger partial charge in [-0.1, -0.05) is 0 Å². The van der Waals surface area contributed by atoms with Crippen LogP contribution in [0.25, 0.3) is 10.8 Å². The highest BCUT2D eigenvalue weighted by Crippen LogP contribution is 2.40. The zero-order valence-electron chi connectivity index (χ0n) is 12.6. The Morgan fingerprint density at radius 1 is 1.14 bits per heavy atom. The van der Waals surface area contributed by atoms with Crippen LogP contribution in [0.3, 0.4) is 0 Å². The van der Waals surface area contributed by atoms with Crippen molar-refractivity contribution < 1.29 is 4.74 Å². The molecular weight excluding hydrogens is 276 g/mol. The number of ether oxygens (including phenoxy) is 1. The number of H-pyrrole nitrogens is 1. The number of fused-ring (bicyclic) bond motifs is 1. The average molecular weight is 298 g/mol. The van der Waals surface area contributed by atoms with E-state index in [0.29, 0.717) is 17.3 Å². The third kappa shape index (κ3) is 2.63. The van der Waals surface area contributed by atoms with Gasteiger partial charge in [0.15, 0.2) is 0 Å². The second kappa shape index (κ2) is 5.43. The summed E-state index contributed by atoms with van der Waals surface area (Å²) in [5, 5.41) is 1.63. The molecule has 2 aromatic rings. The second-order valence-corrected chi connectivity index (χ2v) is 6.78. The van der Waals surface area contributed by atoms with Gasteiger partial charge in [-0.05, 0) is 73.6 Å². The van der Waals surface area contributed by atoms with Crippen LogP contribution in [-0.4, -0.2) is 17.1 Å². The van der Waals surface area contributed by atoms with Crippen molar-refractivity contribution in [1.82, 2.24) is 4.98 Å². The topological polar surface area (TPSA) is 68.1 Å². The van der Waals surface area contributed by atoms with Gasteiger partial charge in [-0.25, -0.2) is 0 Å². The molecule has 0 bridgehead atoms. The molecule has 2 saturated carbocycles. The smallest absolute Gasteiger partial charge is 0.255 e. The lowest BCUT2D eigenvalue weighted by molar-refractivity contribution is 0.200. The van der Waals surface area contributed by atoms with Crippen LogP contribution in [0, 0.1) is 11.8 Å². The molecule has 1 aromatic carbocycles.